The van der Waals surface area contributed by atoms with Crippen LogP contribution in [0, 0.1) is 18.2 Å². The van der Waals surface area contributed by atoms with Crippen molar-refractivity contribution in [2.75, 3.05) is 55.0 Å². The summed E-state index contributed by atoms with van der Waals surface area (Å²) in [5.41, 5.74) is 4.78. The van der Waals surface area contributed by atoms with E-state index in [0.29, 0.717) is 40.8 Å². The molecule has 2 saturated heterocycles. The summed E-state index contributed by atoms with van der Waals surface area (Å²) in [4.78, 5) is 40.5. The van der Waals surface area contributed by atoms with Crippen LogP contribution >= 0.6 is 11.3 Å². The quantitative estimate of drug-likeness (QED) is 0.133. The molecule has 3 aliphatic heterocycles. The summed E-state index contributed by atoms with van der Waals surface area (Å²) in [5.74, 6) is 0.258. The van der Waals surface area contributed by atoms with E-state index < -0.39 is 17.6 Å². The van der Waals surface area contributed by atoms with Crippen molar-refractivity contribution < 1.29 is 31.9 Å². The largest absolute Gasteiger partial charge is 0.418 e. The van der Waals surface area contributed by atoms with Crippen molar-refractivity contribution in [3.8, 4) is 21.1 Å². The van der Waals surface area contributed by atoms with Crippen LogP contribution in [0.3, 0.4) is 0 Å². The van der Waals surface area contributed by atoms with Crippen LogP contribution in [0.1, 0.15) is 50.2 Å². The number of H-pyrrole nitrogens is 1. The number of imidazole rings is 1. The van der Waals surface area contributed by atoms with Crippen molar-refractivity contribution in [3.63, 3.8) is 0 Å². The second-order valence-electron chi connectivity index (χ2n) is 14.6. The van der Waals surface area contributed by atoms with Gasteiger partial charge in [-0.2, -0.15) is 13.2 Å². The van der Waals surface area contributed by atoms with E-state index in [9.17, 15) is 22.8 Å². The summed E-state index contributed by atoms with van der Waals surface area (Å²) < 4.78 is 60.8. The summed E-state index contributed by atoms with van der Waals surface area (Å²) in [6.45, 7) is 6.05. The number of carbonyl (C=O) groups is 2. The highest BCUT2D eigenvalue weighted by atomic mass is 32.1. The zero-order valence-electron chi connectivity index (χ0n) is 30.7. The Labute approximate surface area is 324 Å². The van der Waals surface area contributed by atoms with Gasteiger partial charge in [0, 0.05) is 84.4 Å². The number of aldehydes is 1. The number of carbonyl (C=O) groups excluding carboxylic acids is 2. The number of ether oxygens (including phenoxy) is 1. The first-order valence-electron chi connectivity index (χ1n) is 18.3. The van der Waals surface area contributed by atoms with Gasteiger partial charge in [0.25, 0.3) is 5.91 Å². The third-order valence-corrected chi connectivity index (χ3v) is 11.9. The van der Waals surface area contributed by atoms with Crippen molar-refractivity contribution in [2.45, 2.75) is 32.4 Å². The van der Waals surface area contributed by atoms with E-state index in [0.717, 1.165) is 79.0 Å². The molecule has 0 unspecified atom stereocenters. The smallest absolute Gasteiger partial charge is 0.381 e. The van der Waals surface area contributed by atoms with E-state index in [1.807, 2.05) is 44.3 Å². The van der Waals surface area contributed by atoms with Crippen LogP contribution < -0.4 is 15.1 Å². The Morgan fingerprint density at radius 1 is 1.02 bits per heavy atom. The molecular formula is C42H38F4N6O3S. The summed E-state index contributed by atoms with van der Waals surface area (Å²) in [5, 5.41) is 2.91. The monoisotopic (exact) mass is 782 g/mol. The molecule has 0 aliphatic carbocycles. The normalized spacial score (nSPS) is 16.0. The van der Waals surface area contributed by atoms with Gasteiger partial charge in [-0.1, -0.05) is 24.3 Å². The number of hydrogen-bond donors (Lipinski definition) is 2. The predicted molar refractivity (Wildman–Crippen MR) is 210 cm³/mol. The minimum Gasteiger partial charge on any atom is -0.381 e. The van der Waals surface area contributed by atoms with Gasteiger partial charge < -0.3 is 24.8 Å². The molecule has 3 aliphatic rings. The van der Waals surface area contributed by atoms with Crippen molar-refractivity contribution in [3.05, 3.63) is 113 Å². The third-order valence-electron chi connectivity index (χ3n) is 10.7. The molecule has 3 aromatic heterocycles. The molecule has 6 heterocycles. The number of amides is 1. The number of aromatic amines is 1. The number of benzene rings is 3. The number of likely N-dealkylation sites (N-methyl/N-ethyl adjacent to an activating group) is 1. The molecule has 3 aromatic carbocycles. The van der Waals surface area contributed by atoms with E-state index in [-0.39, 0.29) is 27.6 Å². The molecule has 288 valence electrons. The van der Waals surface area contributed by atoms with Crippen LogP contribution in [0.15, 0.2) is 79.0 Å². The minimum absolute atomic E-state index is 0.123. The lowest BCUT2D eigenvalue weighted by atomic mass is 9.73. The van der Waals surface area contributed by atoms with Gasteiger partial charge in [0.05, 0.1) is 16.6 Å². The summed E-state index contributed by atoms with van der Waals surface area (Å²) in [7, 11) is 1.96. The van der Waals surface area contributed by atoms with Crippen LogP contribution in [0.4, 0.5) is 34.8 Å². The zero-order chi connectivity index (χ0) is 39.2. The second kappa shape index (κ2) is 14.8. The molecule has 9 nitrogen and oxygen atoms in total. The van der Waals surface area contributed by atoms with Crippen molar-refractivity contribution in [1.82, 2.24) is 15.0 Å². The van der Waals surface area contributed by atoms with Gasteiger partial charge in [-0.25, -0.2) is 14.4 Å². The average molecular weight is 783 g/mol. The van der Waals surface area contributed by atoms with Gasteiger partial charge in [-0.3, -0.25) is 9.59 Å². The van der Waals surface area contributed by atoms with E-state index in [4.69, 9.17) is 4.74 Å². The fraction of sp³-hybridized carbons (Fsp3) is 0.286. The van der Waals surface area contributed by atoms with Crippen LogP contribution in [0.25, 0.3) is 32.2 Å². The fourth-order valence-electron chi connectivity index (χ4n) is 7.66. The maximum Gasteiger partial charge on any atom is 0.418 e. The highest BCUT2D eigenvalue weighted by Gasteiger charge is 2.45. The Bertz CT molecular complexity index is 2430. The first-order valence-corrected chi connectivity index (χ1v) is 19.1. The average Bonchev–Trinajstić information content (AvgIpc) is 3.73. The molecule has 2 N–H and O–H groups in total. The number of pyridine rings is 1. The molecule has 0 radical (unpaired) electrons. The Morgan fingerprint density at radius 3 is 2.50 bits per heavy atom. The number of rotatable bonds is 5. The number of hydrogen-bond acceptors (Lipinski definition) is 8. The fourth-order valence-corrected chi connectivity index (χ4v) is 8.87. The SMILES string of the molecule is CN1CCc2c(sc(-c3nc4c(C(F)(F)F)cccc4[nH]3)c2F)-c2ccccc21.Cc1cnc(N2CC3(CCOCC3)C2)c(C(=O)Nc2ccc(C=O)cc2)c1. The molecular weight excluding hydrogens is 745 g/mol. The number of anilines is 3. The Kier molecular flexibility index (Phi) is 9.87. The summed E-state index contributed by atoms with van der Waals surface area (Å²) in [6.07, 6.45) is 0.710. The number of aromatic nitrogens is 3. The molecule has 56 heavy (non-hydrogen) atoms. The van der Waals surface area contributed by atoms with Gasteiger partial charge in [-0.15, -0.1) is 11.3 Å². The maximum atomic E-state index is 15.4. The van der Waals surface area contributed by atoms with Gasteiger partial charge in [0.15, 0.2) is 5.82 Å². The number of aryl methyl sites for hydroxylation is 1. The lowest BCUT2D eigenvalue weighted by Crippen LogP contribution is -2.59. The van der Waals surface area contributed by atoms with Gasteiger partial charge in [-0.05, 0) is 80.3 Å². The number of alkyl halides is 3. The number of nitrogens with zero attached hydrogens (tertiary/aromatic N) is 4. The molecule has 14 heteroatoms. The van der Waals surface area contributed by atoms with Crippen LogP contribution in [0.5, 0.6) is 0 Å². The third kappa shape index (κ3) is 7.14. The van der Waals surface area contributed by atoms with Crippen molar-refractivity contribution in [2.24, 2.45) is 5.41 Å². The molecule has 6 aromatic rings. The Hall–Kier alpha value is -5.60. The zero-order valence-corrected chi connectivity index (χ0v) is 31.5. The number of thiophene rings is 1. The van der Waals surface area contributed by atoms with E-state index in [1.54, 1.807) is 30.5 Å². The molecule has 2 fully saturated rings. The summed E-state index contributed by atoms with van der Waals surface area (Å²) >= 11 is 1.23. The number of halogens is 4. The van der Waals surface area contributed by atoms with Crippen molar-refractivity contribution in [1.29, 1.82) is 0 Å². The second-order valence-corrected chi connectivity index (χ2v) is 15.6. The molecule has 0 bridgehead atoms. The first-order chi connectivity index (χ1) is 26.9. The first kappa shape index (κ1) is 37.3. The predicted octanol–water partition coefficient (Wildman–Crippen LogP) is 9.18. The molecule has 1 amide bonds. The van der Waals surface area contributed by atoms with E-state index in [2.05, 4.69) is 30.1 Å². The molecule has 0 atom stereocenters. The molecule has 1 spiro atoms. The van der Waals surface area contributed by atoms with Crippen LogP contribution in [-0.4, -0.2) is 67.0 Å². The van der Waals surface area contributed by atoms with Gasteiger partial charge in [0.2, 0.25) is 0 Å². The number of para-hydroxylation sites is 2. The maximum absolute atomic E-state index is 15.4. The van der Waals surface area contributed by atoms with Crippen LogP contribution in [0.2, 0.25) is 0 Å². The minimum atomic E-state index is -4.53. The Balaban J connectivity index is 0.000000158. The molecule has 9 rings (SSSR count). The lowest BCUT2D eigenvalue weighted by Gasteiger charge is -2.53. The van der Waals surface area contributed by atoms with E-state index >= 15 is 4.39 Å². The lowest BCUT2D eigenvalue weighted by molar-refractivity contribution is -0.136. The molecule has 0 saturated carbocycles. The Morgan fingerprint density at radius 2 is 1.77 bits per heavy atom. The van der Waals surface area contributed by atoms with Gasteiger partial charge >= 0.3 is 6.18 Å². The van der Waals surface area contributed by atoms with Crippen LogP contribution in [-0.2, 0) is 17.3 Å². The topological polar surface area (TPSA) is 103 Å². The number of nitrogens with one attached hydrogen (secondary N) is 2. The van der Waals surface area contributed by atoms with Crippen molar-refractivity contribution >= 4 is 51.8 Å². The number of fused-ring (bicyclic) bond motifs is 4. The summed E-state index contributed by atoms with van der Waals surface area (Å²) in [6, 6.07) is 20.3. The van der Waals surface area contributed by atoms with E-state index in [1.165, 1.54) is 23.5 Å². The highest BCUT2D eigenvalue weighted by Crippen LogP contribution is 2.46. The standard InChI is InChI=1S/C21H15F4N3S.C21H23N3O3/c1-28-10-9-12-16(22)19(29-18(12)11-5-2-3-8-15(11)28)20-26-14-7-4-6-13(17(14)27-20)21(23,24)25;1-15-10-18(20(26)23-17-4-2-16(12-25)3-5-17)19(22-11-15)24-13-21(14-24)6-8-27-9-7-21/h2-8H,9-10H2,1H3,(H,26,27);2-5,10-12H,6-9,13-14H2,1H3,(H,23,26). The highest BCUT2D eigenvalue weighted by molar-refractivity contribution is 7.19. The van der Waals surface area contributed by atoms with Gasteiger partial charge in [0.1, 0.15) is 28.3 Å².